The first-order valence-corrected chi connectivity index (χ1v) is 6.85. The van der Waals surface area contributed by atoms with E-state index >= 15 is 0 Å². The van der Waals surface area contributed by atoms with E-state index in [-0.39, 0.29) is 5.91 Å². The molecule has 1 aromatic rings. The summed E-state index contributed by atoms with van der Waals surface area (Å²) in [6, 6.07) is 7.08. The second kappa shape index (κ2) is 6.22. The van der Waals surface area contributed by atoms with Gasteiger partial charge in [0.1, 0.15) is 0 Å². The molecule has 1 aliphatic rings. The lowest BCUT2D eigenvalue weighted by molar-refractivity contribution is 0.0648. The van der Waals surface area contributed by atoms with Gasteiger partial charge in [-0.2, -0.15) is 0 Å². The van der Waals surface area contributed by atoms with Gasteiger partial charge < -0.3 is 4.90 Å². The van der Waals surface area contributed by atoms with Gasteiger partial charge in [-0.25, -0.2) is 0 Å². The molecule has 19 heavy (non-hydrogen) atoms. The van der Waals surface area contributed by atoms with E-state index in [2.05, 4.69) is 11.5 Å². The van der Waals surface area contributed by atoms with Crippen LogP contribution >= 0.6 is 11.6 Å². The summed E-state index contributed by atoms with van der Waals surface area (Å²) in [6.07, 6.45) is 0. The van der Waals surface area contributed by atoms with Crippen molar-refractivity contribution in [1.82, 2.24) is 9.80 Å². The summed E-state index contributed by atoms with van der Waals surface area (Å²) < 4.78 is 0. The van der Waals surface area contributed by atoms with E-state index in [1.165, 1.54) is 0 Å². The van der Waals surface area contributed by atoms with E-state index in [4.69, 9.17) is 11.6 Å². The van der Waals surface area contributed by atoms with Gasteiger partial charge in [-0.05, 0) is 31.2 Å². The minimum Gasteiger partial charge on any atom is -0.336 e. The minimum atomic E-state index is 0.0895. The Kier molecular flexibility index (Phi) is 4.61. The summed E-state index contributed by atoms with van der Waals surface area (Å²) >= 11 is 5.83. The van der Waals surface area contributed by atoms with Crippen molar-refractivity contribution in [3.8, 4) is 0 Å². The Balaban J connectivity index is 1.92. The number of carbonyl (C=O) groups is 1. The van der Waals surface area contributed by atoms with Crippen molar-refractivity contribution < 1.29 is 4.79 Å². The van der Waals surface area contributed by atoms with Crippen molar-refractivity contribution in [3.05, 3.63) is 47.0 Å². The predicted molar refractivity (Wildman–Crippen MR) is 78.6 cm³/mol. The zero-order chi connectivity index (χ0) is 13.8. The van der Waals surface area contributed by atoms with Crippen LogP contribution in [-0.2, 0) is 0 Å². The maximum Gasteiger partial charge on any atom is 0.253 e. The monoisotopic (exact) mass is 278 g/mol. The molecule has 0 aliphatic carbocycles. The van der Waals surface area contributed by atoms with Gasteiger partial charge in [0.25, 0.3) is 5.91 Å². The van der Waals surface area contributed by atoms with E-state index < -0.39 is 0 Å². The molecule has 4 heteroatoms. The fourth-order valence-electron chi connectivity index (χ4n) is 2.27. The molecule has 1 heterocycles. The lowest BCUT2D eigenvalue weighted by atomic mass is 10.2. The molecule has 0 aromatic heterocycles. The van der Waals surface area contributed by atoms with Gasteiger partial charge in [0.05, 0.1) is 0 Å². The standard InChI is InChI=1S/C15H19ClN2O/c1-12(2)11-17-7-9-18(10-8-17)15(19)13-3-5-14(16)6-4-13/h3-6H,1,7-11H2,2H3. The predicted octanol–water partition coefficient (Wildman–Crippen LogP) is 2.67. The van der Waals surface area contributed by atoms with Crippen LogP contribution in [0.4, 0.5) is 0 Å². The number of rotatable bonds is 3. The van der Waals surface area contributed by atoms with Crippen LogP contribution in [0.1, 0.15) is 17.3 Å². The van der Waals surface area contributed by atoms with Gasteiger partial charge in [-0.1, -0.05) is 23.8 Å². The van der Waals surface area contributed by atoms with Crippen molar-refractivity contribution in [2.45, 2.75) is 6.92 Å². The molecule has 1 amide bonds. The molecule has 0 atom stereocenters. The largest absolute Gasteiger partial charge is 0.336 e. The molecule has 102 valence electrons. The highest BCUT2D eigenvalue weighted by atomic mass is 35.5. The van der Waals surface area contributed by atoms with Crippen LogP contribution in [0.5, 0.6) is 0 Å². The third-order valence-corrected chi connectivity index (χ3v) is 3.50. The van der Waals surface area contributed by atoms with Crippen molar-refractivity contribution in [3.63, 3.8) is 0 Å². The number of hydrogen-bond acceptors (Lipinski definition) is 2. The van der Waals surface area contributed by atoms with E-state index in [0.717, 1.165) is 38.3 Å². The van der Waals surface area contributed by atoms with Gasteiger partial charge in [0.15, 0.2) is 0 Å². The third kappa shape index (κ3) is 3.82. The summed E-state index contributed by atoms with van der Waals surface area (Å²) in [7, 11) is 0. The highest BCUT2D eigenvalue weighted by Crippen LogP contribution is 2.13. The van der Waals surface area contributed by atoms with Crippen molar-refractivity contribution in [2.75, 3.05) is 32.7 Å². The van der Waals surface area contributed by atoms with Crippen LogP contribution in [-0.4, -0.2) is 48.4 Å². The summed E-state index contributed by atoms with van der Waals surface area (Å²) in [5, 5.41) is 0.655. The smallest absolute Gasteiger partial charge is 0.253 e. The maximum atomic E-state index is 12.3. The lowest BCUT2D eigenvalue weighted by Gasteiger charge is -2.34. The molecule has 2 rings (SSSR count). The molecule has 1 saturated heterocycles. The summed E-state index contributed by atoms with van der Waals surface area (Å²) in [4.78, 5) is 16.5. The van der Waals surface area contributed by atoms with Crippen LogP contribution < -0.4 is 0 Å². The van der Waals surface area contributed by atoms with Gasteiger partial charge in [0, 0.05) is 43.3 Å². The number of nitrogens with zero attached hydrogens (tertiary/aromatic N) is 2. The average Bonchev–Trinajstić information content (AvgIpc) is 2.39. The Bertz CT molecular complexity index is 462. The second-order valence-corrected chi connectivity index (χ2v) is 5.47. The van der Waals surface area contributed by atoms with Crippen molar-refractivity contribution in [1.29, 1.82) is 0 Å². The Morgan fingerprint density at radius 2 is 1.79 bits per heavy atom. The van der Waals surface area contributed by atoms with E-state index in [1.54, 1.807) is 24.3 Å². The quantitative estimate of drug-likeness (QED) is 0.794. The third-order valence-electron chi connectivity index (χ3n) is 3.24. The van der Waals surface area contributed by atoms with Crippen LogP contribution in [0.15, 0.2) is 36.4 Å². The number of hydrogen-bond donors (Lipinski definition) is 0. The minimum absolute atomic E-state index is 0.0895. The van der Waals surface area contributed by atoms with Crippen LogP contribution in [0.2, 0.25) is 5.02 Å². The maximum absolute atomic E-state index is 12.3. The van der Waals surface area contributed by atoms with Crippen LogP contribution in [0.3, 0.4) is 0 Å². The number of halogens is 1. The van der Waals surface area contributed by atoms with E-state index in [9.17, 15) is 4.79 Å². The molecule has 0 radical (unpaired) electrons. The summed E-state index contributed by atoms with van der Waals surface area (Å²) in [6.45, 7) is 10.2. The molecule has 3 nitrogen and oxygen atoms in total. The molecular weight excluding hydrogens is 260 g/mol. The fraction of sp³-hybridized carbons (Fsp3) is 0.400. The zero-order valence-corrected chi connectivity index (χ0v) is 12.0. The Morgan fingerprint density at radius 1 is 1.21 bits per heavy atom. The van der Waals surface area contributed by atoms with E-state index in [1.807, 2.05) is 11.8 Å². The number of benzene rings is 1. The molecule has 0 unspecified atom stereocenters. The molecule has 1 fully saturated rings. The topological polar surface area (TPSA) is 23.6 Å². The van der Waals surface area contributed by atoms with Crippen molar-refractivity contribution >= 4 is 17.5 Å². The van der Waals surface area contributed by atoms with Crippen LogP contribution in [0, 0.1) is 0 Å². The molecule has 0 N–H and O–H groups in total. The molecule has 1 aliphatic heterocycles. The molecular formula is C15H19ClN2O. The van der Waals surface area contributed by atoms with E-state index in [0.29, 0.717) is 10.6 Å². The molecule has 0 bridgehead atoms. The second-order valence-electron chi connectivity index (χ2n) is 5.03. The van der Waals surface area contributed by atoms with Gasteiger partial charge in [-0.15, -0.1) is 0 Å². The fourth-order valence-corrected chi connectivity index (χ4v) is 2.39. The Morgan fingerprint density at radius 3 is 2.32 bits per heavy atom. The normalized spacial score (nSPS) is 16.4. The summed E-state index contributed by atoms with van der Waals surface area (Å²) in [5.41, 5.74) is 1.87. The van der Waals surface area contributed by atoms with Gasteiger partial charge >= 0.3 is 0 Å². The SMILES string of the molecule is C=C(C)CN1CCN(C(=O)c2ccc(Cl)cc2)CC1. The Hall–Kier alpha value is -1.32. The highest BCUT2D eigenvalue weighted by molar-refractivity contribution is 6.30. The first kappa shape index (κ1) is 14.1. The first-order chi connectivity index (χ1) is 9.06. The highest BCUT2D eigenvalue weighted by Gasteiger charge is 2.21. The lowest BCUT2D eigenvalue weighted by Crippen LogP contribution is -2.48. The summed E-state index contributed by atoms with van der Waals surface area (Å²) in [5.74, 6) is 0.0895. The van der Waals surface area contributed by atoms with Crippen LogP contribution in [0.25, 0.3) is 0 Å². The van der Waals surface area contributed by atoms with Gasteiger partial charge in [-0.3, -0.25) is 9.69 Å². The van der Waals surface area contributed by atoms with Crippen molar-refractivity contribution in [2.24, 2.45) is 0 Å². The molecule has 0 saturated carbocycles. The number of piperazine rings is 1. The first-order valence-electron chi connectivity index (χ1n) is 6.48. The number of carbonyl (C=O) groups excluding carboxylic acids is 1. The number of amides is 1. The molecule has 0 spiro atoms. The Labute approximate surface area is 119 Å². The average molecular weight is 279 g/mol. The van der Waals surface area contributed by atoms with Gasteiger partial charge in [0.2, 0.25) is 0 Å². The molecule has 1 aromatic carbocycles. The zero-order valence-electron chi connectivity index (χ0n) is 11.2.